The molecule has 0 heterocycles. The molecule has 200 valence electrons. The molecule has 34 heavy (non-hydrogen) atoms. The molecule has 0 fully saturated rings. The maximum Gasteiger partial charge on any atom is 0.162 e. The molecule has 1 atom stereocenters. The summed E-state index contributed by atoms with van der Waals surface area (Å²) in [6.07, 6.45) is 34.0. The molecule has 0 rings (SSSR count). The second-order valence-electron chi connectivity index (χ2n) is 9.82. The van der Waals surface area contributed by atoms with Crippen LogP contribution in [0.25, 0.3) is 0 Å². The molecule has 0 saturated heterocycles. The fourth-order valence-corrected chi connectivity index (χ4v) is 3.76. The molecule has 0 aliphatic rings. The van der Waals surface area contributed by atoms with Gasteiger partial charge in [-0.25, -0.2) is 0 Å². The number of likely N-dealkylation sites (N-methyl/N-ethyl adjacent to an activating group) is 1. The predicted molar refractivity (Wildman–Crippen MR) is 153 cm³/mol. The molecule has 0 saturated carbocycles. The number of hydrogen-bond acceptors (Lipinski definition) is 2. The van der Waals surface area contributed by atoms with Crippen molar-refractivity contribution in [2.75, 3.05) is 40.5 Å². The highest BCUT2D eigenvalue weighted by molar-refractivity contribution is 4.97. The minimum absolute atomic E-state index is 0.410. The number of ether oxygens (including phenoxy) is 2. The van der Waals surface area contributed by atoms with Gasteiger partial charge in [0.15, 0.2) is 6.61 Å². The highest BCUT2D eigenvalue weighted by Crippen LogP contribution is 2.06. The summed E-state index contributed by atoms with van der Waals surface area (Å²) >= 11 is 0. The summed E-state index contributed by atoms with van der Waals surface area (Å²) < 4.78 is 10.7. The summed E-state index contributed by atoms with van der Waals surface area (Å²) in [6, 6.07) is 0.410. The van der Waals surface area contributed by atoms with Gasteiger partial charge in [-0.3, -0.25) is 4.90 Å². The lowest BCUT2D eigenvalue weighted by Gasteiger charge is -2.22. The quantitative estimate of drug-likeness (QED) is 0.0708. The number of aliphatic hydroxyl groups is 2. The molecule has 1 N–H and O–H groups in total. The van der Waals surface area contributed by atoms with E-state index >= 15 is 0 Å². The Morgan fingerprint density at radius 1 is 0.647 bits per heavy atom. The summed E-state index contributed by atoms with van der Waals surface area (Å²) in [4.78, 5) is 2.26. The Balaban J connectivity index is 3.53. The first-order valence-corrected chi connectivity index (χ1v) is 14.5. The Labute approximate surface area is 214 Å². The zero-order chi connectivity index (χ0) is 25.0. The van der Waals surface area contributed by atoms with E-state index < -0.39 is 0 Å². The molecule has 3 heteroatoms. The van der Waals surface area contributed by atoms with Gasteiger partial charge < -0.3 is 9.47 Å². The summed E-state index contributed by atoms with van der Waals surface area (Å²) in [5, 5.41) is 0. The van der Waals surface area contributed by atoms with Crippen molar-refractivity contribution in [2.24, 2.45) is 0 Å². The topological polar surface area (TPSA) is 25.3 Å². The lowest BCUT2D eigenvalue weighted by Crippen LogP contribution is -2.38. The molecular weight excluding hydrogens is 418 g/mol. The van der Waals surface area contributed by atoms with Crippen LogP contribution in [-0.4, -0.2) is 56.2 Å². The number of nitrogens with zero attached hydrogens (tertiary/aromatic N) is 1. The van der Waals surface area contributed by atoms with Crippen molar-refractivity contribution in [3.8, 4) is 0 Å². The van der Waals surface area contributed by atoms with Gasteiger partial charge in [0, 0.05) is 13.0 Å². The van der Waals surface area contributed by atoms with E-state index in [2.05, 4.69) is 69.3 Å². The predicted octanol–water partition coefficient (Wildman–Crippen LogP) is 8.41. The lowest BCUT2D eigenvalue weighted by atomic mass is 10.1. The second-order valence-corrected chi connectivity index (χ2v) is 9.82. The van der Waals surface area contributed by atoms with E-state index in [0.29, 0.717) is 6.04 Å². The first-order chi connectivity index (χ1) is 16.7. The molecule has 0 radical (unpaired) electrons. The molecule has 0 unspecified atom stereocenters. The third-order valence-corrected chi connectivity index (χ3v) is 6.23. The van der Waals surface area contributed by atoms with Crippen LogP contribution in [-0.2, 0) is 4.74 Å². The van der Waals surface area contributed by atoms with Gasteiger partial charge in [-0.05, 0) is 65.5 Å². The first-order valence-electron chi connectivity index (χ1n) is 14.5. The standard InChI is InChI=1S/C31H59NO2/c1-5-7-9-11-13-14-15-16-17-18-19-20-21-22-24-26-28-34-30-31(32(3)4)29-33-27-25-23-12-10-8-6-2/h13-14,16-17,19-20,31H,5-12,15,18,21-30H2,1-4H3/p+1/b14-13-,17-16-,20-19-/t31-/m0/s1. The summed E-state index contributed by atoms with van der Waals surface area (Å²) in [5.41, 5.74) is 0. The molecule has 3 nitrogen and oxygen atoms in total. The zero-order valence-electron chi connectivity index (χ0n) is 23.5. The van der Waals surface area contributed by atoms with E-state index in [4.69, 9.17) is 9.47 Å². The minimum Gasteiger partial charge on any atom is -0.432 e. The number of allylic oxidation sites excluding steroid dienone is 6. The first kappa shape index (κ1) is 33.1. The smallest absolute Gasteiger partial charge is 0.162 e. The molecule has 0 bridgehead atoms. The lowest BCUT2D eigenvalue weighted by molar-refractivity contribution is -0.0807. The molecule has 0 aliphatic carbocycles. The van der Waals surface area contributed by atoms with Crippen LogP contribution in [0.3, 0.4) is 0 Å². The number of unbranched alkanes of at least 4 members (excludes halogenated alkanes) is 11. The number of hydrogen-bond donors (Lipinski definition) is 0. The van der Waals surface area contributed by atoms with Crippen LogP contribution >= 0.6 is 0 Å². The highest BCUT2D eigenvalue weighted by Gasteiger charge is 2.14. The number of rotatable bonds is 26. The molecule has 0 amide bonds. The summed E-state index contributed by atoms with van der Waals surface area (Å²) in [7, 11) is 4.28. The Hall–Kier alpha value is -0.900. The third kappa shape index (κ3) is 25.7. The van der Waals surface area contributed by atoms with Crippen molar-refractivity contribution in [2.45, 2.75) is 123 Å². The maximum atomic E-state index is 5.96. The summed E-state index contributed by atoms with van der Waals surface area (Å²) in [6.45, 7) is 8.11. The van der Waals surface area contributed by atoms with Crippen LogP contribution in [0.5, 0.6) is 0 Å². The van der Waals surface area contributed by atoms with Crippen LogP contribution in [0.15, 0.2) is 36.5 Å². The van der Waals surface area contributed by atoms with Crippen molar-refractivity contribution in [1.82, 2.24) is 4.90 Å². The van der Waals surface area contributed by atoms with Crippen LogP contribution < -0.4 is 0 Å². The largest absolute Gasteiger partial charge is 0.432 e. The molecular formula is C31H60NO2+. The molecule has 0 aliphatic heterocycles. The van der Waals surface area contributed by atoms with E-state index in [0.717, 1.165) is 45.7 Å². The Kier molecular flexibility index (Phi) is 27.6. The van der Waals surface area contributed by atoms with Crippen LogP contribution in [0, 0.1) is 0 Å². The van der Waals surface area contributed by atoms with Gasteiger partial charge >= 0.3 is 0 Å². The molecule has 0 aromatic heterocycles. The molecule has 0 spiro atoms. The minimum atomic E-state index is 0.410. The highest BCUT2D eigenvalue weighted by atomic mass is 16.5. The van der Waals surface area contributed by atoms with Gasteiger partial charge in [0.2, 0.25) is 0 Å². The zero-order valence-corrected chi connectivity index (χ0v) is 23.5. The van der Waals surface area contributed by atoms with Gasteiger partial charge in [0.05, 0.1) is 6.61 Å². The average molecular weight is 479 g/mol. The van der Waals surface area contributed by atoms with Gasteiger partial charge in [0.25, 0.3) is 0 Å². The SMILES string of the molecule is CCCCC/C=C\C/C=C\C/C=C\CCCCCOC[C@H](C[OH+]CCCCCCCC)N(C)C. The average Bonchev–Trinajstić information content (AvgIpc) is 2.83. The summed E-state index contributed by atoms with van der Waals surface area (Å²) in [5.74, 6) is 0. The second kappa shape index (κ2) is 28.3. The monoisotopic (exact) mass is 478 g/mol. The van der Waals surface area contributed by atoms with E-state index in [-0.39, 0.29) is 0 Å². The Bertz CT molecular complexity index is 470. The van der Waals surface area contributed by atoms with Crippen molar-refractivity contribution in [1.29, 1.82) is 0 Å². The molecule has 0 aromatic carbocycles. The maximum absolute atomic E-state index is 5.96. The normalized spacial score (nSPS) is 13.3. The van der Waals surface area contributed by atoms with E-state index in [9.17, 15) is 0 Å². The van der Waals surface area contributed by atoms with E-state index in [1.54, 1.807) is 0 Å². The fourth-order valence-electron chi connectivity index (χ4n) is 3.76. The van der Waals surface area contributed by atoms with Crippen LogP contribution in [0.1, 0.15) is 117 Å². The van der Waals surface area contributed by atoms with Crippen molar-refractivity contribution in [3.63, 3.8) is 0 Å². The Morgan fingerprint density at radius 3 is 1.82 bits per heavy atom. The van der Waals surface area contributed by atoms with Crippen molar-refractivity contribution >= 4 is 0 Å². The van der Waals surface area contributed by atoms with Crippen LogP contribution in [0.4, 0.5) is 0 Å². The van der Waals surface area contributed by atoms with Gasteiger partial charge in [0.1, 0.15) is 12.6 Å². The van der Waals surface area contributed by atoms with Crippen molar-refractivity contribution < 1.29 is 9.47 Å². The fraction of sp³-hybridized carbons (Fsp3) is 0.806. The van der Waals surface area contributed by atoms with Gasteiger partial charge in [-0.2, -0.15) is 0 Å². The van der Waals surface area contributed by atoms with E-state index in [1.807, 2.05) is 0 Å². The third-order valence-electron chi connectivity index (χ3n) is 6.23. The molecule has 0 aromatic rings. The van der Waals surface area contributed by atoms with Crippen molar-refractivity contribution in [3.05, 3.63) is 36.5 Å². The van der Waals surface area contributed by atoms with Gasteiger partial charge in [-0.1, -0.05) is 95.2 Å². The Morgan fingerprint density at radius 2 is 1.18 bits per heavy atom. The van der Waals surface area contributed by atoms with Gasteiger partial charge in [-0.15, -0.1) is 0 Å². The van der Waals surface area contributed by atoms with E-state index in [1.165, 1.54) is 83.5 Å². The van der Waals surface area contributed by atoms with Crippen LogP contribution in [0.2, 0.25) is 0 Å².